The van der Waals surface area contributed by atoms with Gasteiger partial charge in [0.05, 0.1) is 0 Å². The molecule has 0 aliphatic heterocycles. The fraction of sp³-hybridized carbons (Fsp3) is 0.182. The molecule has 0 atom stereocenters. The Morgan fingerprint density at radius 1 is 1.33 bits per heavy atom. The predicted molar refractivity (Wildman–Crippen MR) is 48.7 cm³/mol. The van der Waals surface area contributed by atoms with Crippen LogP contribution in [0.1, 0.15) is 11.1 Å². The molecule has 0 unspecified atom stereocenters. The predicted octanol–water partition coefficient (Wildman–Crippen LogP) is 1.75. The van der Waals surface area contributed by atoms with E-state index >= 15 is 0 Å². The molecule has 0 saturated heterocycles. The molecule has 0 N–H and O–H groups in total. The van der Waals surface area contributed by atoms with Gasteiger partial charge in [-0.2, -0.15) is 0 Å². The van der Waals surface area contributed by atoms with Gasteiger partial charge in [0.1, 0.15) is 0 Å². The van der Waals surface area contributed by atoms with Crippen molar-refractivity contribution in [3.63, 3.8) is 0 Å². The maximum absolute atomic E-state index is 5.27. The Morgan fingerprint density at radius 3 is 2.58 bits per heavy atom. The van der Waals surface area contributed by atoms with Crippen LogP contribution in [0.3, 0.4) is 0 Å². The molecule has 1 aromatic rings. The van der Waals surface area contributed by atoms with Gasteiger partial charge in [-0.3, -0.25) is 0 Å². The number of terminal acetylenes is 1. The minimum absolute atomic E-state index is 0.743. The van der Waals surface area contributed by atoms with Crippen molar-refractivity contribution in [2.24, 2.45) is 0 Å². The van der Waals surface area contributed by atoms with Crippen LogP contribution in [0.5, 0.6) is 0 Å². The van der Waals surface area contributed by atoms with Crippen LogP contribution in [-0.4, -0.2) is 4.57 Å². The molecular weight excluding hydrogens is 322 g/mol. The average Bonchev–Trinajstić information content (AvgIpc) is 2.09. The number of rotatable bonds is 3. The normalized spacial score (nSPS) is 9.00. The molecule has 0 aliphatic rings. The van der Waals surface area contributed by atoms with Crippen LogP contribution in [0.15, 0.2) is 24.3 Å². The zero-order valence-corrected chi connectivity index (χ0v) is 9.27. The fourth-order valence-electron chi connectivity index (χ4n) is 1.12. The van der Waals surface area contributed by atoms with Crippen LogP contribution < -0.4 is 0 Å². The summed E-state index contributed by atoms with van der Waals surface area (Å²) in [6, 6.07) is 8.33. The third-order valence-corrected chi connectivity index (χ3v) is 2.22. The van der Waals surface area contributed by atoms with Crippen LogP contribution in [0.2, 0.25) is 0 Å². The molecule has 0 bridgehead atoms. The quantitative estimate of drug-likeness (QED) is 0.740. The van der Waals surface area contributed by atoms with E-state index in [0.29, 0.717) is 0 Å². The van der Waals surface area contributed by atoms with E-state index in [-0.39, 0.29) is 0 Å². The molecule has 1 rings (SSSR count). The van der Waals surface area contributed by atoms with Crippen molar-refractivity contribution in [2.75, 3.05) is 0 Å². The van der Waals surface area contributed by atoms with Crippen molar-refractivity contribution in [3.05, 3.63) is 35.4 Å². The summed E-state index contributed by atoms with van der Waals surface area (Å²) in [7, 11) is 0. The van der Waals surface area contributed by atoms with Gasteiger partial charge in [-0.05, 0) is 0 Å². The number of hydrogen-bond donors (Lipinski definition) is 0. The molecule has 12 heavy (non-hydrogen) atoms. The second-order valence-corrected chi connectivity index (χ2v) is 3.54. The Balaban J connectivity index is 2.93. The summed E-state index contributed by atoms with van der Waals surface area (Å²) in [5, 5.41) is 0. The second kappa shape index (κ2) is 5.03. The van der Waals surface area contributed by atoms with Gasteiger partial charge in [-0.25, -0.2) is 0 Å². The summed E-state index contributed by atoms with van der Waals surface area (Å²) in [5.41, 5.74) is 2.63. The van der Waals surface area contributed by atoms with Crippen LogP contribution in [0, 0.1) is 12.3 Å². The molecule has 1 heteroatoms. The monoisotopic (exact) mass is 334 g/mol. The zero-order chi connectivity index (χ0) is 8.81. The third kappa shape index (κ3) is 2.40. The topological polar surface area (TPSA) is 0 Å². The summed E-state index contributed by atoms with van der Waals surface area (Å²) >= 11 is 1.88. The Bertz CT molecular complexity index is 307. The molecular formula is C11H10Os. The molecule has 0 saturated carbocycles. The molecule has 0 aliphatic carbocycles. The first-order valence-electron chi connectivity index (χ1n) is 3.79. The van der Waals surface area contributed by atoms with E-state index in [9.17, 15) is 0 Å². The van der Waals surface area contributed by atoms with Crippen LogP contribution in [0.25, 0.3) is 0 Å². The summed E-state index contributed by atoms with van der Waals surface area (Å²) in [6.07, 6.45) is 7.03. The Labute approximate surface area is 83.4 Å². The van der Waals surface area contributed by atoms with E-state index in [1.165, 1.54) is 11.1 Å². The molecule has 0 spiro atoms. The van der Waals surface area contributed by atoms with Gasteiger partial charge in [0.25, 0.3) is 0 Å². The number of hydrogen-bond acceptors (Lipinski definition) is 0. The van der Waals surface area contributed by atoms with Crippen molar-refractivity contribution in [1.82, 2.24) is 0 Å². The fourth-order valence-corrected chi connectivity index (χ4v) is 1.68. The first kappa shape index (κ1) is 9.37. The molecule has 0 radical (unpaired) electrons. The van der Waals surface area contributed by atoms with Gasteiger partial charge in [-0.1, -0.05) is 0 Å². The molecule has 0 amide bonds. The van der Waals surface area contributed by atoms with Crippen LogP contribution in [0.4, 0.5) is 0 Å². The van der Waals surface area contributed by atoms with Crippen molar-refractivity contribution in [2.45, 2.75) is 12.8 Å². The van der Waals surface area contributed by atoms with Crippen molar-refractivity contribution in [1.29, 1.82) is 0 Å². The minimum atomic E-state index is 0.743. The maximum atomic E-state index is 5.27. The van der Waals surface area contributed by atoms with E-state index in [2.05, 4.69) is 28.7 Å². The first-order chi connectivity index (χ1) is 5.88. The molecule has 0 fully saturated rings. The summed E-state index contributed by atoms with van der Waals surface area (Å²) in [4.78, 5) is 0. The van der Waals surface area contributed by atoms with E-state index in [1.54, 1.807) is 0 Å². The Hall–Kier alpha value is -0.714. The van der Waals surface area contributed by atoms with E-state index in [0.717, 1.165) is 12.8 Å². The summed E-state index contributed by atoms with van der Waals surface area (Å²) < 4.78 is 2.18. The molecule has 0 nitrogen and oxygen atoms in total. The van der Waals surface area contributed by atoms with Gasteiger partial charge in [0.2, 0.25) is 0 Å². The molecule has 62 valence electrons. The van der Waals surface area contributed by atoms with E-state index < -0.39 is 0 Å². The van der Waals surface area contributed by atoms with Gasteiger partial charge >= 0.3 is 83.3 Å². The van der Waals surface area contributed by atoms with Crippen LogP contribution >= 0.6 is 0 Å². The first-order valence-corrected chi connectivity index (χ1v) is 5.26. The van der Waals surface area contributed by atoms with Crippen LogP contribution in [-0.2, 0) is 31.0 Å². The zero-order valence-electron chi connectivity index (χ0n) is 6.73. The van der Waals surface area contributed by atoms with Crippen molar-refractivity contribution >= 4 is 4.57 Å². The van der Waals surface area contributed by atoms with Crippen molar-refractivity contribution in [3.8, 4) is 12.3 Å². The van der Waals surface area contributed by atoms with Crippen molar-refractivity contribution < 1.29 is 18.1 Å². The average molecular weight is 332 g/mol. The Kier molecular flexibility index (Phi) is 3.93. The number of benzene rings is 1. The SMILES string of the molecule is C#CCc1ccccc1C[CH]=[Os]. The van der Waals surface area contributed by atoms with E-state index in [4.69, 9.17) is 6.42 Å². The second-order valence-electron chi connectivity index (χ2n) is 2.50. The summed E-state index contributed by atoms with van der Waals surface area (Å²) in [6.45, 7) is 0. The van der Waals surface area contributed by atoms with Gasteiger partial charge < -0.3 is 0 Å². The van der Waals surface area contributed by atoms with E-state index in [1.807, 2.05) is 24.2 Å². The molecule has 0 heterocycles. The molecule has 0 aromatic heterocycles. The standard InChI is InChI=1S/C11H10.Os/c1-3-7-11-9-6-5-8-10(11)4-2;/h1-2,5-6,8-9H,4,7H2;. The Morgan fingerprint density at radius 2 is 2.00 bits per heavy atom. The van der Waals surface area contributed by atoms with Gasteiger partial charge in [0.15, 0.2) is 0 Å². The van der Waals surface area contributed by atoms with Gasteiger partial charge in [-0.15, -0.1) is 0 Å². The summed E-state index contributed by atoms with van der Waals surface area (Å²) in [5.74, 6) is 2.67. The molecule has 1 aromatic carbocycles. The third-order valence-electron chi connectivity index (χ3n) is 1.70. The van der Waals surface area contributed by atoms with Gasteiger partial charge in [0, 0.05) is 0 Å².